The van der Waals surface area contributed by atoms with E-state index in [0.29, 0.717) is 6.54 Å². The number of amides is 1. The normalized spacial score (nSPS) is 15.9. The lowest BCUT2D eigenvalue weighted by molar-refractivity contribution is 0.0936. The number of aryl methyl sites for hydroxylation is 2. The van der Waals surface area contributed by atoms with Crippen LogP contribution in [0.25, 0.3) is 0 Å². The summed E-state index contributed by atoms with van der Waals surface area (Å²) >= 11 is 6.07. The van der Waals surface area contributed by atoms with Crippen molar-refractivity contribution in [3.05, 3.63) is 81.5 Å². The zero-order valence-corrected chi connectivity index (χ0v) is 15.6. The summed E-state index contributed by atoms with van der Waals surface area (Å²) in [5.74, 6) is 0.844. The number of nitrogens with zero attached hydrogens (tertiary/aromatic N) is 1. The molecule has 2 heterocycles. The minimum Gasteiger partial charge on any atom is -0.467 e. The van der Waals surface area contributed by atoms with Crippen LogP contribution in [0.1, 0.15) is 51.1 Å². The zero-order chi connectivity index (χ0) is 18.3. The number of hydrogen-bond acceptors (Lipinski definition) is 2. The van der Waals surface area contributed by atoms with Crippen LogP contribution in [-0.2, 0) is 13.0 Å². The second-order valence-electron chi connectivity index (χ2n) is 6.86. The molecule has 5 heteroatoms. The zero-order valence-electron chi connectivity index (χ0n) is 14.9. The standard InChI is InChI=1S/C21H21ClN2O2/c1-13-10-19(14(2)24(13)12-17-4-3-9-26-17)21(25)23-20-8-5-15-11-16(22)6-7-18(15)20/h3-4,6-7,9-11,20H,5,8,12H2,1-2H3,(H,23,25)/t20-/m1/s1. The highest BCUT2D eigenvalue weighted by Gasteiger charge is 2.26. The second-order valence-corrected chi connectivity index (χ2v) is 7.29. The molecule has 134 valence electrons. The van der Waals surface area contributed by atoms with Crippen molar-refractivity contribution in [1.82, 2.24) is 9.88 Å². The van der Waals surface area contributed by atoms with Crippen LogP contribution in [0.5, 0.6) is 0 Å². The number of fused-ring (bicyclic) bond motifs is 1. The largest absolute Gasteiger partial charge is 0.467 e. The van der Waals surface area contributed by atoms with Gasteiger partial charge < -0.3 is 14.3 Å². The monoisotopic (exact) mass is 368 g/mol. The van der Waals surface area contributed by atoms with Crippen LogP contribution in [0.2, 0.25) is 5.02 Å². The van der Waals surface area contributed by atoms with Gasteiger partial charge in [-0.2, -0.15) is 0 Å². The van der Waals surface area contributed by atoms with Crippen LogP contribution < -0.4 is 5.32 Å². The Morgan fingerprint density at radius 1 is 1.31 bits per heavy atom. The molecular weight excluding hydrogens is 348 g/mol. The van der Waals surface area contributed by atoms with Gasteiger partial charge in [-0.1, -0.05) is 17.7 Å². The van der Waals surface area contributed by atoms with Gasteiger partial charge in [-0.25, -0.2) is 0 Å². The molecule has 0 aliphatic heterocycles. The van der Waals surface area contributed by atoms with E-state index in [9.17, 15) is 4.79 Å². The molecule has 1 amide bonds. The average Bonchev–Trinajstić information content (AvgIpc) is 3.32. The van der Waals surface area contributed by atoms with Gasteiger partial charge in [-0.15, -0.1) is 0 Å². The first kappa shape index (κ1) is 17.0. The molecule has 1 aliphatic carbocycles. The molecule has 26 heavy (non-hydrogen) atoms. The molecular formula is C21H21ClN2O2. The van der Waals surface area contributed by atoms with E-state index in [-0.39, 0.29) is 11.9 Å². The molecule has 4 rings (SSSR count). The predicted molar refractivity (Wildman–Crippen MR) is 102 cm³/mol. The van der Waals surface area contributed by atoms with Crippen molar-refractivity contribution < 1.29 is 9.21 Å². The molecule has 1 aliphatic rings. The molecule has 0 saturated carbocycles. The van der Waals surface area contributed by atoms with Crippen molar-refractivity contribution >= 4 is 17.5 Å². The molecule has 0 bridgehead atoms. The third-order valence-corrected chi connectivity index (χ3v) is 5.44. The highest BCUT2D eigenvalue weighted by atomic mass is 35.5. The van der Waals surface area contributed by atoms with Gasteiger partial charge in [-0.3, -0.25) is 4.79 Å². The van der Waals surface area contributed by atoms with E-state index in [4.69, 9.17) is 16.0 Å². The van der Waals surface area contributed by atoms with Gasteiger partial charge in [0.1, 0.15) is 5.76 Å². The second kappa shape index (κ2) is 6.69. The minimum atomic E-state index is -0.0309. The van der Waals surface area contributed by atoms with Gasteiger partial charge in [0, 0.05) is 16.4 Å². The first-order valence-electron chi connectivity index (χ1n) is 8.81. The molecule has 4 nitrogen and oxygen atoms in total. The smallest absolute Gasteiger partial charge is 0.253 e. The number of carbonyl (C=O) groups excluding carboxylic acids is 1. The lowest BCUT2D eigenvalue weighted by Gasteiger charge is -2.14. The SMILES string of the molecule is Cc1cc(C(=O)N[C@@H]2CCc3cc(Cl)ccc32)c(C)n1Cc1ccco1. The van der Waals surface area contributed by atoms with Gasteiger partial charge in [-0.05, 0) is 68.1 Å². The molecule has 2 aromatic heterocycles. The van der Waals surface area contributed by atoms with E-state index in [2.05, 4.69) is 9.88 Å². The number of nitrogens with one attached hydrogen (secondary N) is 1. The first-order valence-corrected chi connectivity index (χ1v) is 9.19. The summed E-state index contributed by atoms with van der Waals surface area (Å²) in [6.45, 7) is 4.62. The Bertz CT molecular complexity index is 957. The molecule has 0 saturated heterocycles. The molecule has 0 unspecified atom stereocenters. The Morgan fingerprint density at radius 2 is 2.15 bits per heavy atom. The summed E-state index contributed by atoms with van der Waals surface area (Å²) in [7, 11) is 0. The van der Waals surface area contributed by atoms with E-state index < -0.39 is 0 Å². The maximum atomic E-state index is 12.9. The summed E-state index contributed by atoms with van der Waals surface area (Å²) in [5, 5.41) is 3.94. The van der Waals surface area contributed by atoms with Gasteiger partial charge in [0.25, 0.3) is 5.91 Å². The van der Waals surface area contributed by atoms with Crippen LogP contribution >= 0.6 is 11.6 Å². The van der Waals surface area contributed by atoms with E-state index in [0.717, 1.165) is 40.6 Å². The van der Waals surface area contributed by atoms with Crippen LogP contribution in [0.4, 0.5) is 0 Å². The Kier molecular flexibility index (Phi) is 4.37. The van der Waals surface area contributed by atoms with Crippen molar-refractivity contribution in [1.29, 1.82) is 0 Å². The van der Waals surface area contributed by atoms with Crippen LogP contribution in [0.3, 0.4) is 0 Å². The number of rotatable bonds is 4. The highest BCUT2D eigenvalue weighted by Crippen LogP contribution is 2.33. The van der Waals surface area contributed by atoms with Crippen molar-refractivity contribution in [2.24, 2.45) is 0 Å². The van der Waals surface area contributed by atoms with Gasteiger partial charge in [0.15, 0.2) is 0 Å². The first-order chi connectivity index (χ1) is 12.5. The lowest BCUT2D eigenvalue weighted by Crippen LogP contribution is -2.27. The van der Waals surface area contributed by atoms with Crippen LogP contribution in [0, 0.1) is 13.8 Å². The Balaban J connectivity index is 1.55. The lowest BCUT2D eigenvalue weighted by atomic mass is 10.1. The fraction of sp³-hybridized carbons (Fsp3) is 0.286. The Morgan fingerprint density at radius 3 is 2.92 bits per heavy atom. The van der Waals surface area contributed by atoms with Gasteiger partial charge >= 0.3 is 0 Å². The van der Waals surface area contributed by atoms with Crippen LogP contribution in [0.15, 0.2) is 47.1 Å². The topological polar surface area (TPSA) is 47.2 Å². The number of aromatic nitrogens is 1. The van der Waals surface area contributed by atoms with Crippen molar-refractivity contribution in [2.45, 2.75) is 39.3 Å². The molecule has 1 aromatic carbocycles. The summed E-state index contributed by atoms with van der Waals surface area (Å²) in [6.07, 6.45) is 3.52. The number of benzene rings is 1. The fourth-order valence-electron chi connectivity index (χ4n) is 3.80. The van der Waals surface area contributed by atoms with Crippen molar-refractivity contribution in [3.8, 4) is 0 Å². The molecule has 1 atom stereocenters. The van der Waals surface area contributed by atoms with E-state index in [1.165, 1.54) is 11.1 Å². The summed E-state index contributed by atoms with van der Waals surface area (Å²) in [6, 6.07) is 11.7. The maximum absolute atomic E-state index is 12.9. The van der Waals surface area contributed by atoms with Gasteiger partial charge in [0.2, 0.25) is 0 Å². The molecule has 3 aromatic rings. The molecule has 0 fully saturated rings. The Hall–Kier alpha value is -2.46. The number of carbonyl (C=O) groups is 1. The highest BCUT2D eigenvalue weighted by molar-refractivity contribution is 6.30. The van der Waals surface area contributed by atoms with Crippen molar-refractivity contribution in [2.75, 3.05) is 0 Å². The van der Waals surface area contributed by atoms with Crippen molar-refractivity contribution in [3.63, 3.8) is 0 Å². The summed E-state index contributed by atoms with van der Waals surface area (Å²) < 4.78 is 7.55. The molecule has 1 N–H and O–H groups in total. The van der Waals surface area contributed by atoms with Crippen LogP contribution in [-0.4, -0.2) is 10.5 Å². The van der Waals surface area contributed by atoms with E-state index in [1.807, 2.05) is 50.2 Å². The number of halogens is 1. The fourth-order valence-corrected chi connectivity index (χ4v) is 4.00. The molecule has 0 spiro atoms. The maximum Gasteiger partial charge on any atom is 0.253 e. The van der Waals surface area contributed by atoms with E-state index >= 15 is 0 Å². The number of hydrogen-bond donors (Lipinski definition) is 1. The predicted octanol–water partition coefficient (Wildman–Crippen LogP) is 4.82. The minimum absolute atomic E-state index is 0.0309. The van der Waals surface area contributed by atoms with Gasteiger partial charge in [0.05, 0.1) is 24.4 Å². The van der Waals surface area contributed by atoms with E-state index in [1.54, 1.807) is 6.26 Å². The Labute approximate surface area is 157 Å². The summed E-state index contributed by atoms with van der Waals surface area (Å²) in [4.78, 5) is 12.9. The summed E-state index contributed by atoms with van der Waals surface area (Å²) in [5.41, 5.74) is 5.11. The molecule has 0 radical (unpaired) electrons. The quantitative estimate of drug-likeness (QED) is 0.717. The third-order valence-electron chi connectivity index (χ3n) is 5.20. The third kappa shape index (κ3) is 3.06. The number of furan rings is 1. The average molecular weight is 369 g/mol.